The van der Waals surface area contributed by atoms with Crippen LogP contribution >= 0.6 is 11.3 Å². The van der Waals surface area contributed by atoms with E-state index in [1.54, 1.807) is 0 Å². The predicted molar refractivity (Wildman–Crippen MR) is 502 cm³/mol. The molecule has 0 atom stereocenters. The number of pyridine rings is 2. The highest BCUT2D eigenvalue weighted by molar-refractivity contribution is 7.26. The van der Waals surface area contributed by atoms with Crippen LogP contribution in [0.3, 0.4) is 0 Å². The molecule has 9 aromatic heterocycles. The third-order valence-electron chi connectivity index (χ3n) is 23.8. The van der Waals surface area contributed by atoms with Gasteiger partial charge in [0, 0.05) is 151 Å². The normalized spacial score (nSPS) is 11.9. The van der Waals surface area contributed by atoms with Crippen molar-refractivity contribution in [3.8, 4) is 113 Å². The lowest BCUT2D eigenvalue weighted by Crippen LogP contribution is -2.00. The molecule has 17 aromatic carbocycles. The van der Waals surface area contributed by atoms with Crippen molar-refractivity contribution >= 4 is 163 Å². The van der Waals surface area contributed by atoms with E-state index in [9.17, 15) is 0 Å². The fraction of sp³-hybridized carbons (Fsp3) is 0. The minimum atomic E-state index is 0.535. The van der Waals surface area contributed by atoms with E-state index >= 15 is 0 Å². The summed E-state index contributed by atoms with van der Waals surface area (Å²) in [6, 6.07) is 129. The van der Waals surface area contributed by atoms with Crippen LogP contribution in [-0.2, 0) is 0 Å². The Balaban J connectivity index is 0.000000136. The summed E-state index contributed by atoms with van der Waals surface area (Å²) in [5.74, 6) is 3.42. The van der Waals surface area contributed by atoms with Crippen LogP contribution < -0.4 is 0 Å². The first-order valence-corrected chi connectivity index (χ1v) is 41.7. The van der Waals surface area contributed by atoms with E-state index < -0.39 is 0 Å². The molecule has 0 aliphatic carbocycles. The van der Waals surface area contributed by atoms with Gasteiger partial charge in [-0.05, 0) is 102 Å². The molecule has 26 aromatic rings. The van der Waals surface area contributed by atoms with E-state index in [1.165, 1.54) is 31.1 Å². The third kappa shape index (κ3) is 11.7. The molecule has 13 heteroatoms. The maximum Gasteiger partial charge on any atom is 0.164 e. The SMILES string of the molecule is c1ccc(-c2nc(-c3ccc(-c4cc5c(-c6ccccc6)nc6ccccc6c5c5c4sc4ccccc45)cc3)nc(-c3ccc4c(c3)oc3ccccc34)n2)cc1.c1ccc(-c2nc3ccccc3c3c2cc(-c2ccc(-c4nc(-c5ccc6c(c5)oc5ccccc56)nc(-c5ccc6c(c5)oc5ccccc56)n4)cc2)c2oc4ccccc4c23)cc1. The second-order valence-corrected chi connectivity index (χ2v) is 32.1. The van der Waals surface area contributed by atoms with Crippen molar-refractivity contribution < 1.29 is 17.7 Å². The summed E-state index contributed by atoms with van der Waals surface area (Å²) in [5.41, 5.74) is 21.9. The maximum atomic E-state index is 6.82. The predicted octanol–water partition coefficient (Wildman–Crippen LogP) is 29.8. The van der Waals surface area contributed by atoms with Crippen LogP contribution in [0.25, 0.3) is 264 Å². The van der Waals surface area contributed by atoms with E-state index in [0.29, 0.717) is 34.9 Å². The van der Waals surface area contributed by atoms with Crippen LogP contribution in [0.1, 0.15) is 0 Å². The second kappa shape index (κ2) is 28.1. The van der Waals surface area contributed by atoms with Gasteiger partial charge in [0.25, 0.3) is 0 Å². The van der Waals surface area contributed by atoms with Gasteiger partial charge in [-0.15, -0.1) is 11.3 Å². The second-order valence-electron chi connectivity index (χ2n) is 31.0. The number of hydrogen-bond donors (Lipinski definition) is 0. The molecule has 0 amide bonds. The first-order valence-electron chi connectivity index (χ1n) is 40.9. The zero-order valence-electron chi connectivity index (χ0n) is 65.4. The lowest BCUT2D eigenvalue weighted by atomic mass is 9.91. The Kier molecular flexibility index (Phi) is 15.9. The molecule has 123 heavy (non-hydrogen) atoms. The molecule has 0 aliphatic rings. The summed E-state index contributed by atoms with van der Waals surface area (Å²) in [7, 11) is 0. The van der Waals surface area contributed by atoms with Crippen molar-refractivity contribution in [2.24, 2.45) is 0 Å². The van der Waals surface area contributed by atoms with E-state index in [1.807, 2.05) is 139 Å². The zero-order valence-corrected chi connectivity index (χ0v) is 66.2. The lowest BCUT2D eigenvalue weighted by molar-refractivity contribution is 0.668. The molecule has 26 rings (SSSR count). The first-order chi connectivity index (χ1) is 60.9. The van der Waals surface area contributed by atoms with Crippen molar-refractivity contribution in [3.63, 3.8) is 0 Å². The highest BCUT2D eigenvalue weighted by atomic mass is 32.1. The largest absolute Gasteiger partial charge is 0.456 e. The molecular weight excluding hydrogens is 1530 g/mol. The number of para-hydroxylation sites is 6. The van der Waals surface area contributed by atoms with Gasteiger partial charge in [-0.3, -0.25) is 0 Å². The quantitative estimate of drug-likeness (QED) is 0.120. The molecule has 9 heterocycles. The van der Waals surface area contributed by atoms with E-state index in [0.717, 1.165) is 198 Å². The van der Waals surface area contributed by atoms with Crippen LogP contribution in [0, 0.1) is 0 Å². The van der Waals surface area contributed by atoms with Crippen molar-refractivity contribution in [3.05, 3.63) is 376 Å². The van der Waals surface area contributed by atoms with Crippen molar-refractivity contribution in [1.82, 2.24) is 39.9 Å². The number of benzene rings is 17. The number of fused-ring (bicyclic) bond motifs is 23. The van der Waals surface area contributed by atoms with Gasteiger partial charge in [0.15, 0.2) is 34.9 Å². The number of nitrogens with zero attached hydrogens (tertiary/aromatic N) is 8. The third-order valence-corrected chi connectivity index (χ3v) is 25.0. The van der Waals surface area contributed by atoms with Crippen LogP contribution in [0.5, 0.6) is 0 Å². The average molecular weight is 1590 g/mol. The Bertz CT molecular complexity index is 8690. The van der Waals surface area contributed by atoms with Gasteiger partial charge >= 0.3 is 0 Å². The highest BCUT2D eigenvalue weighted by Crippen LogP contribution is 2.51. The van der Waals surface area contributed by atoms with Gasteiger partial charge < -0.3 is 17.7 Å². The minimum Gasteiger partial charge on any atom is -0.456 e. The molecule has 12 nitrogen and oxygen atoms in total. The number of hydrogen-bond acceptors (Lipinski definition) is 13. The van der Waals surface area contributed by atoms with Crippen LogP contribution in [0.2, 0.25) is 0 Å². The van der Waals surface area contributed by atoms with Gasteiger partial charge in [-0.25, -0.2) is 39.9 Å². The van der Waals surface area contributed by atoms with Crippen LogP contribution in [0.4, 0.5) is 0 Å². The van der Waals surface area contributed by atoms with Crippen molar-refractivity contribution in [1.29, 1.82) is 0 Å². The smallest absolute Gasteiger partial charge is 0.164 e. The van der Waals surface area contributed by atoms with E-state index in [2.05, 4.69) is 249 Å². The Morgan fingerprint density at radius 3 is 0.935 bits per heavy atom. The standard InChI is InChI=1S/C58H32N4O3.C52H30N4OS/c1-2-12-34(13-3-1)54-45-32-44(55-53(43-17-7-11-21-49(43)65-55)52(45)42-16-4-8-18-46(42)59-54)33-22-24-35(25-23-33)56-60-57(36-26-28-40-38-14-5-9-19-47(38)63-50(40)30-36)62-58(61-56)37-27-29-41-39-15-6-10-20-48(39)64-51(41)31-37;1-3-13-32(14-4-1)48-41-30-40(49-47(39-19-9-12-22-45(39)58-49)46(41)38-18-7-10-20-42(38)53-48)31-23-25-34(26-24-31)51-54-50(33-15-5-2-6-16-33)55-52(56-51)35-27-28-37-36-17-8-11-21-43(36)57-44(37)29-35/h1-32H;1-30H. The van der Waals surface area contributed by atoms with Gasteiger partial charge in [-0.2, -0.15) is 0 Å². The fourth-order valence-electron chi connectivity index (χ4n) is 18.0. The van der Waals surface area contributed by atoms with Crippen molar-refractivity contribution in [2.75, 3.05) is 0 Å². The highest BCUT2D eigenvalue weighted by Gasteiger charge is 2.26. The molecule has 0 aliphatic heterocycles. The molecule has 0 saturated heterocycles. The summed E-state index contributed by atoms with van der Waals surface area (Å²) in [6.07, 6.45) is 0. The fourth-order valence-corrected chi connectivity index (χ4v) is 19.3. The van der Waals surface area contributed by atoms with Crippen molar-refractivity contribution in [2.45, 2.75) is 0 Å². The lowest BCUT2D eigenvalue weighted by Gasteiger charge is -2.15. The van der Waals surface area contributed by atoms with E-state index in [-0.39, 0.29) is 0 Å². The molecule has 0 unspecified atom stereocenters. The molecule has 0 radical (unpaired) electrons. The van der Waals surface area contributed by atoms with Gasteiger partial charge in [-0.1, -0.05) is 285 Å². The molecule has 0 fully saturated rings. The van der Waals surface area contributed by atoms with Gasteiger partial charge in [0.1, 0.15) is 44.7 Å². The summed E-state index contributed by atoms with van der Waals surface area (Å²) >= 11 is 1.85. The monoisotopic (exact) mass is 1590 g/mol. The molecule has 0 bridgehead atoms. The molecular formula is C110H62N8O4S. The van der Waals surface area contributed by atoms with E-state index in [4.69, 9.17) is 57.5 Å². The molecule has 0 spiro atoms. The Morgan fingerprint density at radius 1 is 0.179 bits per heavy atom. The zero-order chi connectivity index (χ0) is 80.7. The number of aromatic nitrogens is 8. The summed E-state index contributed by atoms with van der Waals surface area (Å²) in [6.45, 7) is 0. The number of furan rings is 4. The minimum absolute atomic E-state index is 0.535. The first kappa shape index (κ1) is 69.6. The Labute approximate surface area is 704 Å². The maximum absolute atomic E-state index is 6.82. The summed E-state index contributed by atoms with van der Waals surface area (Å²) in [5, 5.41) is 17.8. The van der Waals surface area contributed by atoms with Gasteiger partial charge in [0.2, 0.25) is 0 Å². The number of thiophene rings is 1. The Hall–Kier alpha value is -16.5. The van der Waals surface area contributed by atoms with Crippen LogP contribution in [-0.4, -0.2) is 39.9 Å². The van der Waals surface area contributed by atoms with Gasteiger partial charge in [0.05, 0.1) is 22.4 Å². The number of rotatable bonds is 10. The Morgan fingerprint density at radius 2 is 0.488 bits per heavy atom. The molecule has 0 saturated carbocycles. The molecule has 0 N–H and O–H groups in total. The van der Waals surface area contributed by atoms with Crippen LogP contribution in [0.15, 0.2) is 394 Å². The molecule has 572 valence electrons. The summed E-state index contributed by atoms with van der Waals surface area (Å²) < 4.78 is 28.2. The average Bonchev–Trinajstić information content (AvgIpc) is 1.63. The topological polar surface area (TPSA) is 156 Å². The summed E-state index contributed by atoms with van der Waals surface area (Å²) in [4.78, 5) is 41.1.